The van der Waals surface area contributed by atoms with E-state index in [9.17, 15) is 9.59 Å². The van der Waals surface area contributed by atoms with Gasteiger partial charge in [-0.05, 0) is 24.6 Å². The Morgan fingerprint density at radius 2 is 2.11 bits per heavy atom. The lowest BCUT2D eigenvalue weighted by Crippen LogP contribution is -2.28. The van der Waals surface area contributed by atoms with Crippen molar-refractivity contribution in [3.63, 3.8) is 0 Å². The molecule has 6 nitrogen and oxygen atoms in total. The number of carbonyl (C=O) groups excluding carboxylic acids is 1. The Morgan fingerprint density at radius 3 is 2.83 bits per heavy atom. The predicted octanol–water partition coefficient (Wildman–Crippen LogP) is 0.382. The average molecular weight is 248 g/mol. The van der Waals surface area contributed by atoms with Crippen LogP contribution < -0.4 is 16.7 Å². The number of rotatable bonds is 4. The second-order valence-electron chi connectivity index (χ2n) is 4.21. The molecule has 18 heavy (non-hydrogen) atoms. The van der Waals surface area contributed by atoms with Gasteiger partial charge in [0.05, 0.1) is 17.1 Å². The third-order valence-corrected chi connectivity index (χ3v) is 2.79. The number of H-pyrrole nitrogens is 2. The van der Waals surface area contributed by atoms with Crippen LogP contribution in [0, 0.1) is 0 Å². The summed E-state index contributed by atoms with van der Waals surface area (Å²) in [6.07, 6.45) is 0.313. The van der Waals surface area contributed by atoms with E-state index in [0.717, 1.165) is 16.6 Å². The molecule has 1 heterocycles. The van der Waals surface area contributed by atoms with Gasteiger partial charge in [0.15, 0.2) is 0 Å². The van der Waals surface area contributed by atoms with E-state index < -0.39 is 0 Å². The number of nitrogens with one attached hydrogen (secondary N) is 3. The Morgan fingerprint density at radius 1 is 1.39 bits per heavy atom. The van der Waals surface area contributed by atoms with Crippen molar-refractivity contribution in [2.75, 3.05) is 6.54 Å². The monoisotopic (exact) mass is 248 g/mol. The molecular formula is C12H16N4O2. The van der Waals surface area contributed by atoms with Crippen LogP contribution in [0.2, 0.25) is 0 Å². The molecule has 0 saturated heterocycles. The summed E-state index contributed by atoms with van der Waals surface area (Å²) in [5, 5.41) is 2.85. The van der Waals surface area contributed by atoms with Crippen LogP contribution >= 0.6 is 0 Å². The van der Waals surface area contributed by atoms with E-state index in [-0.39, 0.29) is 17.6 Å². The fraction of sp³-hybridized carbons (Fsp3) is 0.333. The van der Waals surface area contributed by atoms with Crippen LogP contribution in [0.3, 0.4) is 0 Å². The first-order chi connectivity index (χ1) is 8.60. The van der Waals surface area contributed by atoms with Gasteiger partial charge in [-0.3, -0.25) is 4.79 Å². The van der Waals surface area contributed by atoms with E-state index in [1.165, 1.54) is 0 Å². The fourth-order valence-corrected chi connectivity index (χ4v) is 1.85. The molecule has 1 aromatic heterocycles. The Balaban J connectivity index is 2.19. The molecule has 0 aliphatic carbocycles. The maximum atomic E-state index is 11.4. The van der Waals surface area contributed by atoms with Crippen molar-refractivity contribution in [1.29, 1.82) is 0 Å². The summed E-state index contributed by atoms with van der Waals surface area (Å²) in [4.78, 5) is 27.9. The number of nitrogens with two attached hydrogens (primary N) is 1. The lowest BCUT2D eigenvalue weighted by Gasteiger charge is -2.14. The molecule has 2 aromatic rings. The molecule has 0 fully saturated rings. The molecule has 0 spiro atoms. The van der Waals surface area contributed by atoms with E-state index in [4.69, 9.17) is 5.73 Å². The van der Waals surface area contributed by atoms with Gasteiger partial charge in [0.2, 0.25) is 5.91 Å². The minimum Gasteiger partial charge on any atom is -0.350 e. The Kier molecular flexibility index (Phi) is 3.47. The highest BCUT2D eigenvalue weighted by Gasteiger charge is 2.10. The third kappa shape index (κ3) is 2.60. The number of fused-ring (bicyclic) bond motifs is 1. The summed E-state index contributed by atoms with van der Waals surface area (Å²) in [6.45, 7) is 2.23. The maximum absolute atomic E-state index is 11.4. The highest BCUT2D eigenvalue weighted by atomic mass is 16.1. The summed E-state index contributed by atoms with van der Waals surface area (Å²) in [6, 6.07) is 5.42. The number of aromatic nitrogens is 2. The molecule has 6 heteroatoms. The smallest absolute Gasteiger partial charge is 0.323 e. The van der Waals surface area contributed by atoms with Crippen molar-refractivity contribution in [3.05, 3.63) is 34.2 Å². The molecule has 0 saturated carbocycles. The molecule has 0 aliphatic heterocycles. The molecule has 1 aromatic carbocycles. The van der Waals surface area contributed by atoms with Crippen LogP contribution in [-0.4, -0.2) is 22.4 Å². The highest BCUT2D eigenvalue weighted by Crippen LogP contribution is 2.16. The van der Waals surface area contributed by atoms with Gasteiger partial charge in [0.25, 0.3) is 0 Å². The third-order valence-electron chi connectivity index (χ3n) is 2.79. The van der Waals surface area contributed by atoms with Crippen LogP contribution in [-0.2, 0) is 4.79 Å². The van der Waals surface area contributed by atoms with Crippen LogP contribution in [0.15, 0.2) is 23.0 Å². The molecule has 0 radical (unpaired) electrons. The van der Waals surface area contributed by atoms with E-state index in [1.54, 1.807) is 0 Å². The number of hydrogen-bond donors (Lipinski definition) is 4. The van der Waals surface area contributed by atoms with Crippen molar-refractivity contribution in [2.45, 2.75) is 19.4 Å². The van der Waals surface area contributed by atoms with Crippen molar-refractivity contribution >= 4 is 16.9 Å². The summed E-state index contributed by atoms with van der Waals surface area (Å²) < 4.78 is 0. The van der Waals surface area contributed by atoms with Crippen LogP contribution in [0.1, 0.15) is 24.9 Å². The quantitative estimate of drug-likeness (QED) is 0.628. The van der Waals surface area contributed by atoms with Gasteiger partial charge in [-0.1, -0.05) is 6.07 Å². The second-order valence-corrected chi connectivity index (χ2v) is 4.21. The van der Waals surface area contributed by atoms with Gasteiger partial charge in [0.1, 0.15) is 0 Å². The SMILES string of the molecule is CC(NC(=O)CCN)c1ccc2[nH]c(=O)[nH]c2c1. The van der Waals surface area contributed by atoms with E-state index in [0.29, 0.717) is 13.0 Å². The van der Waals surface area contributed by atoms with Gasteiger partial charge >= 0.3 is 5.69 Å². The lowest BCUT2D eigenvalue weighted by atomic mass is 10.1. The van der Waals surface area contributed by atoms with Crippen LogP contribution in [0.5, 0.6) is 0 Å². The molecule has 2 rings (SSSR count). The minimum atomic E-state index is -0.234. The molecule has 96 valence electrons. The van der Waals surface area contributed by atoms with Crippen molar-refractivity contribution in [2.24, 2.45) is 5.73 Å². The van der Waals surface area contributed by atoms with Gasteiger partial charge < -0.3 is 21.0 Å². The molecule has 5 N–H and O–H groups in total. The fourth-order valence-electron chi connectivity index (χ4n) is 1.85. The molecule has 0 bridgehead atoms. The number of hydrogen-bond acceptors (Lipinski definition) is 3. The predicted molar refractivity (Wildman–Crippen MR) is 69.1 cm³/mol. The number of imidazole rings is 1. The lowest BCUT2D eigenvalue weighted by molar-refractivity contribution is -0.121. The Labute approximate surface area is 104 Å². The molecule has 1 unspecified atom stereocenters. The van der Waals surface area contributed by atoms with Gasteiger partial charge in [-0.2, -0.15) is 0 Å². The zero-order valence-electron chi connectivity index (χ0n) is 10.1. The number of benzene rings is 1. The largest absolute Gasteiger partial charge is 0.350 e. The Bertz CT molecular complexity index is 614. The van der Waals surface area contributed by atoms with Crippen LogP contribution in [0.25, 0.3) is 11.0 Å². The molecule has 0 aliphatic rings. The Hall–Kier alpha value is -2.08. The van der Waals surface area contributed by atoms with E-state index in [2.05, 4.69) is 15.3 Å². The standard InChI is InChI=1S/C12H16N4O2/c1-7(14-11(17)4-5-13)8-2-3-9-10(6-8)16-12(18)15-9/h2-3,6-7H,4-5,13H2,1H3,(H,14,17)(H2,15,16,18). The zero-order chi connectivity index (χ0) is 13.1. The summed E-state index contributed by atoms with van der Waals surface area (Å²) >= 11 is 0. The first kappa shape index (κ1) is 12.4. The number of amides is 1. The van der Waals surface area contributed by atoms with Crippen LogP contribution in [0.4, 0.5) is 0 Å². The van der Waals surface area contributed by atoms with E-state index in [1.807, 2.05) is 25.1 Å². The van der Waals surface area contributed by atoms with Crippen molar-refractivity contribution in [1.82, 2.24) is 15.3 Å². The first-order valence-electron chi connectivity index (χ1n) is 5.81. The molecule has 1 amide bonds. The maximum Gasteiger partial charge on any atom is 0.323 e. The first-order valence-corrected chi connectivity index (χ1v) is 5.81. The molecule has 1 atom stereocenters. The highest BCUT2D eigenvalue weighted by molar-refractivity contribution is 5.78. The zero-order valence-corrected chi connectivity index (χ0v) is 10.1. The summed E-state index contributed by atoms with van der Waals surface area (Å²) in [5.41, 5.74) is 7.50. The minimum absolute atomic E-state index is 0.0762. The van der Waals surface area contributed by atoms with Gasteiger partial charge in [-0.15, -0.1) is 0 Å². The van der Waals surface area contributed by atoms with E-state index >= 15 is 0 Å². The summed E-state index contributed by atoms with van der Waals surface area (Å²) in [7, 11) is 0. The number of aromatic amines is 2. The average Bonchev–Trinajstić information content (AvgIpc) is 2.68. The van der Waals surface area contributed by atoms with Gasteiger partial charge in [0, 0.05) is 13.0 Å². The topological polar surface area (TPSA) is 104 Å². The second kappa shape index (κ2) is 5.05. The van der Waals surface area contributed by atoms with Crippen molar-refractivity contribution < 1.29 is 4.79 Å². The van der Waals surface area contributed by atoms with Crippen molar-refractivity contribution in [3.8, 4) is 0 Å². The number of carbonyl (C=O) groups is 1. The molecular weight excluding hydrogens is 232 g/mol. The summed E-state index contributed by atoms with van der Waals surface area (Å²) in [5.74, 6) is -0.0762. The van der Waals surface area contributed by atoms with Gasteiger partial charge in [-0.25, -0.2) is 4.79 Å². The normalized spacial score (nSPS) is 12.6.